The van der Waals surface area contributed by atoms with Crippen LogP contribution >= 0.6 is 22.9 Å². The highest BCUT2D eigenvalue weighted by atomic mass is 35.5. The number of thiazole rings is 1. The molecule has 1 N–H and O–H groups in total. The summed E-state index contributed by atoms with van der Waals surface area (Å²) in [5.41, 5.74) is 2.19. The SMILES string of the molecule is Cc1ccccc1-n1c(=C(C#N)C(=O)Nc2ccccc2)sc(=Cc2ccccc2Cl)c1=O. The fraction of sp³-hybridized carbons (Fsp3) is 0.0385. The van der Waals surface area contributed by atoms with Crippen LogP contribution in [0, 0.1) is 18.3 Å². The minimum Gasteiger partial charge on any atom is -0.321 e. The van der Waals surface area contributed by atoms with Crippen molar-refractivity contribution in [3.63, 3.8) is 0 Å². The van der Waals surface area contributed by atoms with Crippen LogP contribution in [0.25, 0.3) is 17.3 Å². The highest BCUT2D eigenvalue weighted by Crippen LogP contribution is 2.16. The molecule has 1 aromatic heterocycles. The van der Waals surface area contributed by atoms with Gasteiger partial charge in [-0.25, -0.2) is 0 Å². The number of rotatable bonds is 4. The monoisotopic (exact) mass is 471 g/mol. The highest BCUT2D eigenvalue weighted by Gasteiger charge is 2.18. The van der Waals surface area contributed by atoms with E-state index in [1.165, 1.54) is 4.57 Å². The van der Waals surface area contributed by atoms with Gasteiger partial charge >= 0.3 is 0 Å². The number of aromatic nitrogens is 1. The van der Waals surface area contributed by atoms with Gasteiger partial charge in [0.1, 0.15) is 10.7 Å². The number of aryl methyl sites for hydroxylation is 1. The van der Waals surface area contributed by atoms with Crippen LogP contribution in [0.2, 0.25) is 5.02 Å². The molecule has 0 aliphatic rings. The molecule has 0 fully saturated rings. The molecule has 5 nitrogen and oxygen atoms in total. The fourth-order valence-electron chi connectivity index (χ4n) is 3.33. The smallest absolute Gasteiger partial charge is 0.273 e. The number of nitriles is 1. The Labute approximate surface area is 199 Å². The Morgan fingerprint density at radius 2 is 1.70 bits per heavy atom. The van der Waals surface area contributed by atoms with Crippen LogP contribution in [0.15, 0.2) is 83.7 Å². The van der Waals surface area contributed by atoms with Gasteiger partial charge in [0, 0.05) is 10.7 Å². The molecule has 4 aromatic rings. The Balaban J connectivity index is 2.01. The third-order valence-electron chi connectivity index (χ3n) is 4.96. The van der Waals surface area contributed by atoms with Crippen molar-refractivity contribution in [2.75, 3.05) is 5.32 Å². The first-order valence-corrected chi connectivity index (χ1v) is 11.2. The lowest BCUT2D eigenvalue weighted by Crippen LogP contribution is -2.32. The molecule has 4 rings (SSSR count). The Morgan fingerprint density at radius 1 is 1.03 bits per heavy atom. The highest BCUT2D eigenvalue weighted by molar-refractivity contribution is 7.07. The predicted molar refractivity (Wildman–Crippen MR) is 133 cm³/mol. The van der Waals surface area contributed by atoms with Crippen molar-refractivity contribution in [2.24, 2.45) is 0 Å². The third-order valence-corrected chi connectivity index (χ3v) is 6.39. The van der Waals surface area contributed by atoms with E-state index in [0.29, 0.717) is 26.5 Å². The Morgan fingerprint density at radius 3 is 2.39 bits per heavy atom. The lowest BCUT2D eigenvalue weighted by atomic mass is 10.2. The number of hydrogen-bond acceptors (Lipinski definition) is 4. The number of carbonyl (C=O) groups excluding carboxylic acids is 1. The molecule has 1 heterocycles. The minimum atomic E-state index is -0.587. The summed E-state index contributed by atoms with van der Waals surface area (Å²) < 4.78 is 2.04. The minimum absolute atomic E-state index is 0.150. The number of para-hydroxylation sites is 2. The largest absolute Gasteiger partial charge is 0.321 e. The average molecular weight is 472 g/mol. The lowest BCUT2D eigenvalue weighted by Gasteiger charge is -2.08. The van der Waals surface area contributed by atoms with Gasteiger partial charge in [0.25, 0.3) is 11.5 Å². The van der Waals surface area contributed by atoms with E-state index >= 15 is 0 Å². The molecule has 0 unspecified atom stereocenters. The predicted octanol–water partition coefficient (Wildman–Crippen LogP) is 4.00. The first-order valence-electron chi connectivity index (χ1n) is 10.0. The maximum Gasteiger partial charge on any atom is 0.273 e. The van der Waals surface area contributed by atoms with Crippen molar-refractivity contribution in [2.45, 2.75) is 6.92 Å². The van der Waals surface area contributed by atoms with Crippen LogP contribution in [0.4, 0.5) is 5.69 Å². The van der Waals surface area contributed by atoms with E-state index in [-0.39, 0.29) is 15.8 Å². The van der Waals surface area contributed by atoms with Crippen LogP contribution in [0.5, 0.6) is 0 Å². The second-order valence-corrected chi connectivity index (χ2v) is 8.61. The number of anilines is 1. The molecule has 0 aliphatic carbocycles. The van der Waals surface area contributed by atoms with Crippen LogP contribution in [0.3, 0.4) is 0 Å². The van der Waals surface area contributed by atoms with Crippen molar-refractivity contribution < 1.29 is 4.79 Å². The second kappa shape index (κ2) is 9.70. The average Bonchev–Trinajstić information content (AvgIpc) is 3.12. The number of halogens is 1. The molecule has 0 saturated carbocycles. The molecule has 0 spiro atoms. The summed E-state index contributed by atoms with van der Waals surface area (Å²) in [7, 11) is 0. The third kappa shape index (κ3) is 4.65. The van der Waals surface area contributed by atoms with Crippen molar-refractivity contribution >= 4 is 46.2 Å². The zero-order valence-electron chi connectivity index (χ0n) is 17.6. The summed E-state index contributed by atoms with van der Waals surface area (Å²) in [6, 6.07) is 25.4. The molecule has 0 bridgehead atoms. The van der Waals surface area contributed by atoms with Gasteiger partial charge in [-0.05, 0) is 48.4 Å². The van der Waals surface area contributed by atoms with E-state index in [1.807, 2.05) is 43.3 Å². The summed E-state index contributed by atoms with van der Waals surface area (Å²) in [5.74, 6) is -0.587. The Bertz CT molecular complexity index is 1560. The molecule has 3 aromatic carbocycles. The van der Waals surface area contributed by atoms with Gasteiger partial charge in [-0.1, -0.05) is 66.2 Å². The fourth-order valence-corrected chi connectivity index (χ4v) is 4.60. The van der Waals surface area contributed by atoms with Crippen molar-refractivity contribution in [1.29, 1.82) is 5.26 Å². The molecule has 0 aliphatic heterocycles. The molecular weight excluding hydrogens is 454 g/mol. The summed E-state index contributed by atoms with van der Waals surface area (Å²) in [5, 5.41) is 13.1. The topological polar surface area (TPSA) is 74.9 Å². The van der Waals surface area contributed by atoms with E-state index in [4.69, 9.17) is 11.6 Å². The molecular formula is C26H18ClN3O2S. The molecule has 0 saturated heterocycles. The second-order valence-electron chi connectivity index (χ2n) is 7.17. The zero-order valence-corrected chi connectivity index (χ0v) is 19.2. The van der Waals surface area contributed by atoms with E-state index < -0.39 is 5.91 Å². The summed E-state index contributed by atoms with van der Waals surface area (Å²) in [6.45, 7) is 1.87. The molecule has 1 amide bonds. The number of nitrogens with one attached hydrogen (secondary N) is 1. The van der Waals surface area contributed by atoms with Gasteiger partial charge in [-0.15, -0.1) is 11.3 Å². The molecule has 162 valence electrons. The van der Waals surface area contributed by atoms with E-state index in [2.05, 4.69) is 5.32 Å². The van der Waals surface area contributed by atoms with E-state index in [1.54, 1.807) is 54.6 Å². The molecule has 7 heteroatoms. The quantitative estimate of drug-likeness (QED) is 0.488. The van der Waals surface area contributed by atoms with E-state index in [9.17, 15) is 14.9 Å². The van der Waals surface area contributed by atoms with Gasteiger partial charge in [0.05, 0.1) is 10.2 Å². The number of amides is 1. The zero-order chi connectivity index (χ0) is 23.4. The first kappa shape index (κ1) is 22.3. The van der Waals surface area contributed by atoms with Gasteiger partial charge in [0.2, 0.25) is 0 Å². The number of carbonyl (C=O) groups is 1. The van der Waals surface area contributed by atoms with Crippen molar-refractivity contribution in [1.82, 2.24) is 4.57 Å². The maximum atomic E-state index is 13.5. The first-order chi connectivity index (χ1) is 16.0. The Kier molecular flexibility index (Phi) is 6.55. The van der Waals surface area contributed by atoms with E-state index in [0.717, 1.165) is 16.9 Å². The molecule has 0 atom stereocenters. The standard InChI is InChI=1S/C26H18ClN3O2S/c1-17-9-5-8-14-22(17)30-25(32)23(15-18-10-6-7-13-21(18)27)33-26(30)20(16-28)24(31)29-19-11-3-2-4-12-19/h2-15H,1H3,(H,29,31). The van der Waals surface area contributed by atoms with Gasteiger partial charge < -0.3 is 5.32 Å². The lowest BCUT2D eigenvalue weighted by molar-refractivity contribution is -0.111. The maximum absolute atomic E-state index is 13.5. The normalized spacial score (nSPS) is 12.2. The van der Waals surface area contributed by atoms with Gasteiger partial charge in [0.15, 0.2) is 5.57 Å². The van der Waals surface area contributed by atoms with Crippen molar-refractivity contribution in [3.8, 4) is 11.8 Å². The number of hydrogen-bond donors (Lipinski definition) is 1. The molecule has 33 heavy (non-hydrogen) atoms. The summed E-state index contributed by atoms with van der Waals surface area (Å²) in [6.07, 6.45) is 1.68. The van der Waals surface area contributed by atoms with Crippen LogP contribution < -0.4 is 20.1 Å². The van der Waals surface area contributed by atoms with Crippen LogP contribution in [-0.2, 0) is 4.79 Å². The number of benzene rings is 3. The summed E-state index contributed by atoms with van der Waals surface area (Å²) >= 11 is 7.37. The van der Waals surface area contributed by atoms with Gasteiger partial charge in [-0.2, -0.15) is 5.26 Å². The molecule has 0 radical (unpaired) electrons. The number of nitrogens with zero attached hydrogens (tertiary/aromatic N) is 2. The van der Waals surface area contributed by atoms with Crippen molar-refractivity contribution in [3.05, 3.63) is 115 Å². The summed E-state index contributed by atoms with van der Waals surface area (Å²) in [4.78, 5) is 26.5. The Hall–Kier alpha value is -3.92. The van der Waals surface area contributed by atoms with Crippen LogP contribution in [-0.4, -0.2) is 10.5 Å². The van der Waals surface area contributed by atoms with Gasteiger partial charge in [-0.3, -0.25) is 14.2 Å². The van der Waals surface area contributed by atoms with Crippen LogP contribution in [0.1, 0.15) is 11.1 Å².